The second-order valence-electron chi connectivity index (χ2n) is 10.2. The number of rotatable bonds is 10. The maximum Gasteiger partial charge on any atom is 0.310 e. The third-order valence-corrected chi connectivity index (χ3v) is 7.62. The summed E-state index contributed by atoms with van der Waals surface area (Å²) in [6, 6.07) is 22.1. The van der Waals surface area contributed by atoms with Gasteiger partial charge in [-0.1, -0.05) is 42.5 Å². The van der Waals surface area contributed by atoms with Gasteiger partial charge in [0.25, 0.3) is 0 Å². The zero-order valence-electron chi connectivity index (χ0n) is 23.0. The summed E-state index contributed by atoms with van der Waals surface area (Å²) in [5.41, 5.74) is 10.9. The van der Waals surface area contributed by atoms with Crippen molar-refractivity contribution in [3.05, 3.63) is 84.2 Å². The van der Waals surface area contributed by atoms with Gasteiger partial charge in [-0.05, 0) is 47.7 Å². The predicted molar refractivity (Wildman–Crippen MR) is 159 cm³/mol. The van der Waals surface area contributed by atoms with Crippen molar-refractivity contribution in [1.82, 2.24) is 19.7 Å². The van der Waals surface area contributed by atoms with Crippen LogP contribution in [0.1, 0.15) is 24.2 Å². The number of nitrogen functional groups attached to an aromatic ring is 1. The number of fused-ring (bicyclic) bond motifs is 2. The Kier molecular flexibility index (Phi) is 7.54. The fourth-order valence-corrected chi connectivity index (χ4v) is 5.57. The van der Waals surface area contributed by atoms with Gasteiger partial charge in [0.2, 0.25) is 0 Å². The molecular formula is C32H33N5O4. The van der Waals surface area contributed by atoms with Crippen molar-refractivity contribution < 1.29 is 19.4 Å². The molecule has 0 atom stereocenters. The van der Waals surface area contributed by atoms with E-state index in [9.17, 15) is 9.90 Å². The van der Waals surface area contributed by atoms with Crippen molar-refractivity contribution in [2.24, 2.45) is 0 Å². The summed E-state index contributed by atoms with van der Waals surface area (Å²) in [6.07, 6.45) is 1.88. The van der Waals surface area contributed by atoms with Gasteiger partial charge in [-0.2, -0.15) is 5.10 Å². The summed E-state index contributed by atoms with van der Waals surface area (Å²) in [7, 11) is 0. The lowest BCUT2D eigenvalue weighted by molar-refractivity contribution is -0.142. The van der Waals surface area contributed by atoms with Gasteiger partial charge in [0, 0.05) is 42.2 Å². The summed E-state index contributed by atoms with van der Waals surface area (Å²) < 4.78 is 13.6. The van der Waals surface area contributed by atoms with Crippen molar-refractivity contribution in [3.8, 4) is 16.9 Å². The van der Waals surface area contributed by atoms with Gasteiger partial charge >= 0.3 is 5.97 Å². The van der Waals surface area contributed by atoms with Crippen LogP contribution in [0.25, 0.3) is 32.8 Å². The van der Waals surface area contributed by atoms with Gasteiger partial charge in [0.1, 0.15) is 18.2 Å². The highest BCUT2D eigenvalue weighted by molar-refractivity contribution is 6.02. The molecule has 0 saturated carbocycles. The van der Waals surface area contributed by atoms with Crippen molar-refractivity contribution in [2.45, 2.75) is 26.0 Å². The van der Waals surface area contributed by atoms with E-state index in [2.05, 4.69) is 32.8 Å². The molecule has 1 aliphatic rings. The number of aromatic nitrogens is 3. The maximum atomic E-state index is 12.2. The summed E-state index contributed by atoms with van der Waals surface area (Å²) in [4.78, 5) is 18.7. The Hall–Kier alpha value is -4.47. The van der Waals surface area contributed by atoms with Crippen LogP contribution in [0.5, 0.6) is 5.75 Å². The number of likely N-dealkylation sites (tertiary alicyclic amines) is 1. The first-order chi connectivity index (χ1) is 20.1. The number of para-hydroxylation sites is 1. The number of hydrogen-bond acceptors (Lipinski definition) is 8. The van der Waals surface area contributed by atoms with E-state index in [1.165, 1.54) is 0 Å². The van der Waals surface area contributed by atoms with Gasteiger partial charge in [-0.3, -0.25) is 14.4 Å². The third-order valence-electron chi connectivity index (χ3n) is 7.62. The molecule has 1 fully saturated rings. The topological polar surface area (TPSA) is 116 Å². The van der Waals surface area contributed by atoms with E-state index < -0.39 is 0 Å². The molecule has 41 heavy (non-hydrogen) atoms. The molecule has 0 unspecified atom stereocenters. The zero-order valence-corrected chi connectivity index (χ0v) is 23.0. The Morgan fingerprint density at radius 3 is 2.73 bits per heavy atom. The lowest BCUT2D eigenvalue weighted by Crippen LogP contribution is -2.49. The van der Waals surface area contributed by atoms with E-state index in [1.807, 2.05) is 48.5 Å². The van der Waals surface area contributed by atoms with Crippen LogP contribution in [0.3, 0.4) is 0 Å². The molecule has 6 rings (SSSR count). The number of carbonyl (C=O) groups excluding carboxylic acids is 1. The number of hydrogen-bond donors (Lipinski definition) is 2. The number of nitrogens with zero attached hydrogens (tertiary/aromatic N) is 4. The maximum absolute atomic E-state index is 12.2. The van der Waals surface area contributed by atoms with Crippen molar-refractivity contribution >= 4 is 33.5 Å². The molecule has 9 nitrogen and oxygen atoms in total. The van der Waals surface area contributed by atoms with Crippen LogP contribution >= 0.6 is 0 Å². The molecule has 0 amide bonds. The molecule has 0 radical (unpaired) electrons. The summed E-state index contributed by atoms with van der Waals surface area (Å²) in [6.45, 7) is 4.82. The number of β-amino-alcohol motifs (C(OH)–C–C–N with tert-alkyl or cyclic N) is 1. The number of nitrogens with two attached hydrogens (primary N) is 1. The fraction of sp³-hybridized carbons (Fsp3) is 0.281. The molecule has 210 valence electrons. The lowest BCUT2D eigenvalue weighted by Gasteiger charge is -2.39. The van der Waals surface area contributed by atoms with E-state index in [4.69, 9.17) is 20.3 Å². The summed E-state index contributed by atoms with van der Waals surface area (Å²) >= 11 is 0. The summed E-state index contributed by atoms with van der Waals surface area (Å²) in [5, 5.41) is 17.3. The predicted octanol–water partition coefficient (Wildman–Crippen LogP) is 4.37. The smallest absolute Gasteiger partial charge is 0.310 e. The van der Waals surface area contributed by atoms with Crippen LogP contribution < -0.4 is 10.5 Å². The Bertz CT molecular complexity index is 1710. The molecule has 5 aromatic rings. The molecular weight excluding hydrogens is 518 g/mol. The molecule has 0 bridgehead atoms. The summed E-state index contributed by atoms with van der Waals surface area (Å²) in [5.74, 6) is 0.865. The van der Waals surface area contributed by atoms with Gasteiger partial charge < -0.3 is 20.3 Å². The standard InChI is InChI=1S/C32H33N5O4/c1-2-40-31(39)17-22-6-3-4-9-30(22)41-20-29-27-16-21(24-7-5-8-26-25(24)12-13-34-32(26)33)10-11-28(27)35-37(29)23-18-36(19-23)14-15-38/h3-13,16,23,38H,2,14-15,17-20H2,1H3,(H2,33,34). The highest BCUT2D eigenvalue weighted by Gasteiger charge is 2.31. The Morgan fingerprint density at radius 2 is 1.90 bits per heavy atom. The minimum Gasteiger partial charge on any atom is -0.487 e. The van der Waals surface area contributed by atoms with Gasteiger partial charge in [-0.15, -0.1) is 0 Å². The number of benzene rings is 3. The molecule has 9 heteroatoms. The molecule has 3 heterocycles. The van der Waals surface area contributed by atoms with Crippen LogP contribution in [-0.2, 0) is 22.6 Å². The number of pyridine rings is 1. The molecule has 3 N–H and O–H groups in total. The molecule has 2 aromatic heterocycles. The highest BCUT2D eigenvalue weighted by atomic mass is 16.5. The van der Waals surface area contributed by atoms with Crippen LogP contribution in [0.15, 0.2) is 72.9 Å². The quantitative estimate of drug-likeness (QED) is 0.246. The molecule has 0 aliphatic carbocycles. The third kappa shape index (κ3) is 5.33. The zero-order chi connectivity index (χ0) is 28.3. The second kappa shape index (κ2) is 11.6. The van der Waals surface area contributed by atoms with Crippen molar-refractivity contribution in [3.63, 3.8) is 0 Å². The van der Waals surface area contributed by atoms with Gasteiger partial charge in [0.05, 0.1) is 36.9 Å². The largest absolute Gasteiger partial charge is 0.487 e. The Labute approximate surface area is 238 Å². The molecule has 3 aromatic carbocycles. The first-order valence-corrected chi connectivity index (χ1v) is 13.9. The SMILES string of the molecule is CCOC(=O)Cc1ccccc1OCc1c2cc(-c3cccc4c(N)nccc34)ccc2nn1C1CN(CCO)C1. The Morgan fingerprint density at radius 1 is 1.05 bits per heavy atom. The fourth-order valence-electron chi connectivity index (χ4n) is 5.57. The number of aliphatic hydroxyl groups is 1. The number of anilines is 1. The minimum atomic E-state index is -0.284. The first kappa shape index (κ1) is 26.7. The molecule has 1 saturated heterocycles. The minimum absolute atomic E-state index is 0.134. The number of esters is 1. The van der Waals surface area contributed by atoms with E-state index in [1.54, 1.807) is 13.1 Å². The van der Waals surface area contributed by atoms with Crippen LogP contribution in [-0.4, -0.2) is 63.6 Å². The van der Waals surface area contributed by atoms with E-state index in [-0.39, 0.29) is 31.6 Å². The van der Waals surface area contributed by atoms with Gasteiger partial charge in [0.15, 0.2) is 0 Å². The van der Waals surface area contributed by atoms with Crippen molar-refractivity contribution in [2.75, 3.05) is 38.6 Å². The lowest BCUT2D eigenvalue weighted by atomic mass is 9.97. The highest BCUT2D eigenvalue weighted by Crippen LogP contribution is 2.35. The van der Waals surface area contributed by atoms with Crippen molar-refractivity contribution in [1.29, 1.82) is 0 Å². The molecule has 0 spiro atoms. The van der Waals surface area contributed by atoms with E-state index >= 15 is 0 Å². The first-order valence-electron chi connectivity index (χ1n) is 13.9. The normalized spacial score (nSPS) is 13.9. The van der Waals surface area contributed by atoms with Crippen LogP contribution in [0.4, 0.5) is 5.82 Å². The van der Waals surface area contributed by atoms with E-state index in [0.29, 0.717) is 24.7 Å². The van der Waals surface area contributed by atoms with Crippen LogP contribution in [0.2, 0.25) is 0 Å². The van der Waals surface area contributed by atoms with Crippen LogP contribution in [0, 0.1) is 0 Å². The average molecular weight is 552 g/mol. The number of carbonyl (C=O) groups is 1. The van der Waals surface area contributed by atoms with E-state index in [0.717, 1.165) is 57.1 Å². The van der Waals surface area contributed by atoms with Gasteiger partial charge in [-0.25, -0.2) is 4.98 Å². The number of aliphatic hydroxyl groups excluding tert-OH is 1. The molecule has 1 aliphatic heterocycles. The monoisotopic (exact) mass is 551 g/mol. The second-order valence-corrected chi connectivity index (χ2v) is 10.2. The number of ether oxygens (including phenoxy) is 2. The Balaban J connectivity index is 1.38. The average Bonchev–Trinajstić information content (AvgIpc) is 3.31.